The van der Waals surface area contributed by atoms with E-state index in [1.54, 1.807) is 18.4 Å². The molecule has 0 spiro atoms. The number of likely N-dealkylation sites (N-methyl/N-ethyl adjacent to an activating group) is 1. The van der Waals surface area contributed by atoms with Gasteiger partial charge < -0.3 is 15.0 Å². The van der Waals surface area contributed by atoms with Gasteiger partial charge in [-0.2, -0.15) is 0 Å². The van der Waals surface area contributed by atoms with Gasteiger partial charge in [-0.05, 0) is 17.5 Å². The van der Waals surface area contributed by atoms with Crippen molar-refractivity contribution in [2.24, 2.45) is 0 Å². The highest BCUT2D eigenvalue weighted by atomic mass is 32.1. The molecule has 18 heavy (non-hydrogen) atoms. The van der Waals surface area contributed by atoms with Gasteiger partial charge in [0.15, 0.2) is 0 Å². The van der Waals surface area contributed by atoms with Gasteiger partial charge in [0.25, 0.3) is 0 Å². The number of ether oxygens (including phenoxy) is 1. The lowest BCUT2D eigenvalue weighted by Gasteiger charge is -2.19. The van der Waals surface area contributed by atoms with E-state index in [0.29, 0.717) is 0 Å². The highest BCUT2D eigenvalue weighted by Crippen LogP contribution is 2.27. The minimum Gasteiger partial charge on any atom is -0.383 e. The van der Waals surface area contributed by atoms with Crippen LogP contribution >= 0.6 is 11.3 Å². The molecule has 0 aliphatic carbocycles. The van der Waals surface area contributed by atoms with Gasteiger partial charge in [0.1, 0.15) is 5.82 Å². The molecule has 0 saturated heterocycles. The average Bonchev–Trinajstić information content (AvgIpc) is 2.86. The van der Waals surface area contributed by atoms with Crippen molar-refractivity contribution >= 4 is 27.2 Å². The monoisotopic (exact) mass is 265 g/mol. The molecule has 1 N–H and O–H groups in total. The van der Waals surface area contributed by atoms with Gasteiger partial charge in [-0.1, -0.05) is 0 Å². The fourth-order valence-electron chi connectivity index (χ4n) is 1.84. The lowest BCUT2D eigenvalue weighted by atomic mass is 10.3. The van der Waals surface area contributed by atoms with Crippen LogP contribution in [-0.4, -0.2) is 45.4 Å². The second-order valence-corrected chi connectivity index (χ2v) is 5.08. The van der Waals surface area contributed by atoms with Crippen molar-refractivity contribution in [3.8, 4) is 0 Å². The summed E-state index contributed by atoms with van der Waals surface area (Å²) in [6, 6.07) is 4.20. The third kappa shape index (κ3) is 3.19. The first kappa shape index (κ1) is 13.3. The summed E-state index contributed by atoms with van der Waals surface area (Å²) < 4.78 is 6.28. The van der Waals surface area contributed by atoms with Gasteiger partial charge in [0.2, 0.25) is 0 Å². The quantitative estimate of drug-likeness (QED) is 0.777. The topological polar surface area (TPSA) is 37.4 Å². The fourth-order valence-corrected chi connectivity index (χ4v) is 2.61. The van der Waals surface area contributed by atoms with E-state index in [1.807, 2.05) is 6.20 Å². The predicted octanol–water partition coefficient (Wildman–Crippen LogP) is 1.97. The molecule has 98 valence electrons. The zero-order valence-electron chi connectivity index (χ0n) is 10.8. The van der Waals surface area contributed by atoms with E-state index in [1.165, 1.54) is 10.1 Å². The van der Waals surface area contributed by atoms with Gasteiger partial charge in [-0.25, -0.2) is 4.98 Å². The summed E-state index contributed by atoms with van der Waals surface area (Å²) in [5, 5.41) is 6.69. The Morgan fingerprint density at radius 1 is 1.39 bits per heavy atom. The van der Waals surface area contributed by atoms with Crippen LogP contribution in [0.3, 0.4) is 0 Å². The summed E-state index contributed by atoms with van der Waals surface area (Å²) in [7, 11) is 3.80. The van der Waals surface area contributed by atoms with Crippen LogP contribution < -0.4 is 10.2 Å². The van der Waals surface area contributed by atoms with E-state index in [0.717, 1.165) is 32.1 Å². The van der Waals surface area contributed by atoms with E-state index in [2.05, 4.69) is 39.8 Å². The Balaban J connectivity index is 1.92. The molecular weight excluding hydrogens is 246 g/mol. The van der Waals surface area contributed by atoms with Crippen molar-refractivity contribution in [3.63, 3.8) is 0 Å². The van der Waals surface area contributed by atoms with Crippen LogP contribution in [0.5, 0.6) is 0 Å². The van der Waals surface area contributed by atoms with E-state index in [9.17, 15) is 0 Å². The van der Waals surface area contributed by atoms with E-state index < -0.39 is 0 Å². The Bertz CT molecular complexity index is 486. The van der Waals surface area contributed by atoms with Gasteiger partial charge >= 0.3 is 0 Å². The van der Waals surface area contributed by atoms with Crippen molar-refractivity contribution in [2.45, 2.75) is 0 Å². The number of hydrogen-bond acceptors (Lipinski definition) is 5. The van der Waals surface area contributed by atoms with Gasteiger partial charge in [-0.3, -0.25) is 0 Å². The van der Waals surface area contributed by atoms with Crippen molar-refractivity contribution in [1.82, 2.24) is 10.3 Å². The maximum atomic E-state index is 4.99. The number of methoxy groups -OCH3 is 1. The first-order valence-corrected chi connectivity index (χ1v) is 6.94. The van der Waals surface area contributed by atoms with Crippen LogP contribution in [0.1, 0.15) is 0 Å². The molecule has 2 aromatic heterocycles. The summed E-state index contributed by atoms with van der Waals surface area (Å²) in [6.07, 6.45) is 1.88. The number of hydrogen-bond donors (Lipinski definition) is 1. The molecular formula is C13H19N3OS. The molecule has 0 aliphatic heterocycles. The van der Waals surface area contributed by atoms with Crippen LogP contribution in [0.15, 0.2) is 23.7 Å². The van der Waals surface area contributed by atoms with Crippen molar-refractivity contribution in [1.29, 1.82) is 0 Å². The highest BCUT2D eigenvalue weighted by Gasteiger charge is 2.07. The fraction of sp³-hybridized carbons (Fsp3) is 0.462. The summed E-state index contributed by atoms with van der Waals surface area (Å²) in [4.78, 5) is 6.66. The molecule has 0 atom stereocenters. The third-order valence-electron chi connectivity index (χ3n) is 2.83. The van der Waals surface area contributed by atoms with Gasteiger partial charge in [-0.15, -0.1) is 11.3 Å². The lowest BCUT2D eigenvalue weighted by molar-refractivity contribution is 0.200. The van der Waals surface area contributed by atoms with E-state index in [4.69, 9.17) is 4.74 Å². The SMILES string of the molecule is COCCNCCN(C)c1nccc2sccc12. The molecule has 2 rings (SSSR count). The number of thiophene rings is 1. The Labute approximate surface area is 112 Å². The molecule has 0 fully saturated rings. The first-order chi connectivity index (χ1) is 8.83. The molecule has 0 unspecified atom stereocenters. The molecule has 5 heteroatoms. The Morgan fingerprint density at radius 2 is 2.28 bits per heavy atom. The standard InChI is InChI=1S/C13H19N3OS/c1-16(8-6-14-7-9-17-2)13-11-4-10-18-12(11)3-5-15-13/h3-5,10,14H,6-9H2,1-2H3. The lowest BCUT2D eigenvalue weighted by Crippen LogP contribution is -2.31. The summed E-state index contributed by atoms with van der Waals surface area (Å²) >= 11 is 1.76. The van der Waals surface area contributed by atoms with Crippen LogP contribution in [0.2, 0.25) is 0 Å². The minimum atomic E-state index is 0.752. The summed E-state index contributed by atoms with van der Waals surface area (Å²) in [5.41, 5.74) is 0. The molecule has 0 bridgehead atoms. The van der Waals surface area contributed by atoms with Gasteiger partial charge in [0.05, 0.1) is 6.61 Å². The molecule has 0 amide bonds. The minimum absolute atomic E-state index is 0.752. The van der Waals surface area contributed by atoms with E-state index in [-0.39, 0.29) is 0 Å². The van der Waals surface area contributed by atoms with Crippen molar-refractivity contribution in [3.05, 3.63) is 23.7 Å². The zero-order valence-corrected chi connectivity index (χ0v) is 11.7. The number of fused-ring (bicyclic) bond motifs is 1. The molecule has 0 aromatic carbocycles. The number of aromatic nitrogens is 1. The smallest absolute Gasteiger partial charge is 0.137 e. The Kier molecular flexibility index (Phi) is 4.92. The Hall–Kier alpha value is -1.17. The number of pyridine rings is 1. The van der Waals surface area contributed by atoms with Crippen molar-refractivity contribution < 1.29 is 4.74 Å². The normalized spacial score (nSPS) is 11.0. The second kappa shape index (κ2) is 6.68. The molecule has 0 saturated carbocycles. The number of nitrogens with zero attached hydrogens (tertiary/aromatic N) is 2. The van der Waals surface area contributed by atoms with E-state index >= 15 is 0 Å². The predicted molar refractivity (Wildman–Crippen MR) is 77.6 cm³/mol. The zero-order chi connectivity index (χ0) is 12.8. The van der Waals surface area contributed by atoms with Crippen LogP contribution in [0.4, 0.5) is 5.82 Å². The maximum absolute atomic E-state index is 4.99. The van der Waals surface area contributed by atoms with Crippen LogP contribution in [0.25, 0.3) is 10.1 Å². The highest BCUT2D eigenvalue weighted by molar-refractivity contribution is 7.17. The number of nitrogens with one attached hydrogen (secondary N) is 1. The van der Waals surface area contributed by atoms with Crippen molar-refractivity contribution in [2.75, 3.05) is 45.3 Å². The largest absolute Gasteiger partial charge is 0.383 e. The number of rotatable bonds is 7. The van der Waals surface area contributed by atoms with Crippen LogP contribution in [0, 0.1) is 0 Å². The second-order valence-electron chi connectivity index (χ2n) is 4.13. The summed E-state index contributed by atoms with van der Waals surface area (Å²) in [6.45, 7) is 3.51. The van der Waals surface area contributed by atoms with Crippen LogP contribution in [-0.2, 0) is 4.74 Å². The maximum Gasteiger partial charge on any atom is 0.137 e. The average molecular weight is 265 g/mol. The van der Waals surface area contributed by atoms with Gasteiger partial charge in [0, 0.05) is 50.1 Å². The first-order valence-electron chi connectivity index (χ1n) is 6.06. The summed E-state index contributed by atoms with van der Waals surface area (Å²) in [5.74, 6) is 1.06. The Morgan fingerprint density at radius 3 is 3.11 bits per heavy atom. The molecule has 0 aliphatic rings. The molecule has 2 heterocycles. The number of anilines is 1. The molecule has 0 radical (unpaired) electrons. The molecule has 4 nitrogen and oxygen atoms in total. The third-order valence-corrected chi connectivity index (χ3v) is 3.71. The molecule has 2 aromatic rings.